The van der Waals surface area contributed by atoms with Crippen LogP contribution in [0.5, 0.6) is 5.75 Å². The molecule has 2 aromatic carbocycles. The Morgan fingerprint density at radius 2 is 1.84 bits per heavy atom. The van der Waals surface area contributed by atoms with Gasteiger partial charge in [0.2, 0.25) is 0 Å². The molecule has 25 heavy (non-hydrogen) atoms. The molecule has 0 aliphatic heterocycles. The lowest BCUT2D eigenvalue weighted by molar-refractivity contribution is 0.456. The van der Waals surface area contributed by atoms with Crippen molar-refractivity contribution in [3.63, 3.8) is 0 Å². The van der Waals surface area contributed by atoms with E-state index < -0.39 is 8.32 Å². The fraction of sp³-hybridized carbons (Fsp3) is 0.316. The molecule has 0 aliphatic carbocycles. The Kier molecular flexibility index (Phi) is 4.53. The molecular weight excluding hydrogens is 399 g/mol. The minimum absolute atomic E-state index is 0.000117. The van der Waals surface area contributed by atoms with E-state index in [-0.39, 0.29) is 10.9 Å². The molecule has 1 aromatic heterocycles. The van der Waals surface area contributed by atoms with Gasteiger partial charge in [0.25, 0.3) is 0 Å². The molecule has 6 heteroatoms. The molecule has 1 heterocycles. The molecule has 0 unspecified atom stereocenters. The van der Waals surface area contributed by atoms with E-state index in [1.165, 1.54) is 6.07 Å². The van der Waals surface area contributed by atoms with Crippen molar-refractivity contribution in [2.24, 2.45) is 0 Å². The van der Waals surface area contributed by atoms with Crippen molar-refractivity contribution in [1.82, 2.24) is 9.78 Å². The van der Waals surface area contributed by atoms with Gasteiger partial charge in [-0.2, -0.15) is 5.10 Å². The van der Waals surface area contributed by atoms with Crippen LogP contribution in [-0.4, -0.2) is 18.1 Å². The zero-order valence-electron chi connectivity index (χ0n) is 15.1. The summed E-state index contributed by atoms with van der Waals surface area (Å²) in [5.74, 6) is -0.0439. The highest BCUT2D eigenvalue weighted by molar-refractivity contribution is 9.10. The molecule has 0 atom stereocenters. The summed E-state index contributed by atoms with van der Waals surface area (Å²) in [6.45, 7) is 10.6. The topological polar surface area (TPSA) is 27.1 Å². The fourth-order valence-electron chi connectivity index (χ4n) is 2.34. The summed E-state index contributed by atoms with van der Waals surface area (Å²) in [6.07, 6.45) is 1.80. The lowest BCUT2D eigenvalue weighted by Gasteiger charge is -2.48. The highest BCUT2D eigenvalue weighted by Gasteiger charge is 2.27. The summed E-state index contributed by atoms with van der Waals surface area (Å²) < 4.78 is 23.3. The lowest BCUT2D eigenvalue weighted by Crippen LogP contribution is -2.44. The van der Waals surface area contributed by atoms with Crippen LogP contribution >= 0.6 is 15.9 Å². The van der Waals surface area contributed by atoms with Crippen LogP contribution in [0, 0.1) is 5.82 Å². The normalized spacial score (nSPS) is 12.6. The summed E-state index contributed by atoms with van der Waals surface area (Å²) in [5.41, 5.74) is 1.75. The monoisotopic (exact) mass is 420 g/mol. The Balaban J connectivity index is 2.04. The van der Waals surface area contributed by atoms with E-state index >= 15 is 0 Å². The Bertz CT molecular complexity index is 931. The van der Waals surface area contributed by atoms with Gasteiger partial charge < -0.3 is 4.43 Å². The van der Waals surface area contributed by atoms with Crippen molar-refractivity contribution in [1.29, 1.82) is 0 Å². The average Bonchev–Trinajstić information content (AvgIpc) is 2.91. The van der Waals surface area contributed by atoms with E-state index in [9.17, 15) is 4.39 Å². The third-order valence-corrected chi connectivity index (χ3v) is 9.70. The SMILES string of the molecule is CC(C)(C)[Si-](C)(C)Oc1cc(-n2ncc3cc(Br)ccc32)ccc1F. The first-order chi connectivity index (χ1) is 11.6. The first kappa shape index (κ1) is 18.1. The quantitative estimate of drug-likeness (QED) is 0.464. The van der Waals surface area contributed by atoms with Crippen LogP contribution in [-0.2, 0) is 0 Å². The van der Waals surface area contributed by atoms with Crippen LogP contribution in [0.3, 0.4) is 0 Å². The number of hydrogen-bond donors (Lipinski definition) is 0. The van der Waals surface area contributed by atoms with Gasteiger partial charge in [0.05, 0.1) is 17.4 Å². The molecule has 0 spiro atoms. The van der Waals surface area contributed by atoms with Gasteiger partial charge in [-0.05, 0) is 30.3 Å². The maximum atomic E-state index is 14.4. The van der Waals surface area contributed by atoms with Crippen molar-refractivity contribution < 1.29 is 8.82 Å². The zero-order chi connectivity index (χ0) is 18.4. The van der Waals surface area contributed by atoms with E-state index in [1.54, 1.807) is 23.0 Å². The van der Waals surface area contributed by atoms with Crippen molar-refractivity contribution in [3.05, 3.63) is 52.9 Å². The molecule has 0 amide bonds. The van der Waals surface area contributed by atoms with Crippen LogP contribution in [0.1, 0.15) is 20.8 Å². The summed E-state index contributed by atoms with van der Waals surface area (Å²) in [5, 5.41) is 5.47. The van der Waals surface area contributed by atoms with Gasteiger partial charge in [0.1, 0.15) is 5.75 Å². The summed E-state index contributed by atoms with van der Waals surface area (Å²) >= 11 is 3.47. The van der Waals surface area contributed by atoms with Crippen LogP contribution in [0.15, 0.2) is 47.1 Å². The van der Waals surface area contributed by atoms with Gasteiger partial charge in [0.15, 0.2) is 5.82 Å². The highest BCUT2D eigenvalue weighted by atomic mass is 79.9. The molecular formula is C19H22BrFN2OSi-. The second kappa shape index (κ2) is 6.25. The molecule has 0 N–H and O–H groups in total. The molecule has 0 radical (unpaired) electrons. The molecule has 0 saturated heterocycles. The third-order valence-electron chi connectivity index (χ3n) is 4.86. The lowest BCUT2D eigenvalue weighted by atomic mass is 10.2. The maximum absolute atomic E-state index is 14.4. The highest BCUT2D eigenvalue weighted by Crippen LogP contribution is 2.38. The number of fused-ring (bicyclic) bond motifs is 1. The molecule has 0 saturated carbocycles. The predicted molar refractivity (Wildman–Crippen MR) is 107 cm³/mol. The summed E-state index contributed by atoms with van der Waals surface area (Å²) in [6, 6.07) is 10.9. The van der Waals surface area contributed by atoms with E-state index in [4.69, 9.17) is 4.43 Å². The van der Waals surface area contributed by atoms with Crippen LogP contribution in [0.2, 0.25) is 18.1 Å². The minimum atomic E-state index is -2.12. The van der Waals surface area contributed by atoms with Gasteiger partial charge in [-0.25, -0.2) is 9.07 Å². The molecule has 0 aliphatic rings. The van der Waals surface area contributed by atoms with E-state index in [1.807, 2.05) is 18.2 Å². The van der Waals surface area contributed by atoms with Crippen molar-refractivity contribution in [2.45, 2.75) is 38.9 Å². The number of rotatable bonds is 3. The number of aromatic nitrogens is 2. The van der Waals surface area contributed by atoms with Gasteiger partial charge >= 0.3 is 0 Å². The van der Waals surface area contributed by atoms with E-state index in [2.05, 4.69) is 54.9 Å². The van der Waals surface area contributed by atoms with Crippen molar-refractivity contribution in [3.8, 4) is 11.4 Å². The maximum Gasteiger partial charge on any atom is 0.161 e. The fourth-order valence-corrected chi connectivity index (χ4v) is 3.73. The molecule has 3 nitrogen and oxygen atoms in total. The van der Waals surface area contributed by atoms with Crippen molar-refractivity contribution >= 4 is 35.2 Å². The first-order valence-corrected chi connectivity index (χ1v) is 11.9. The van der Waals surface area contributed by atoms with Gasteiger partial charge in [-0.15, -0.1) is 18.1 Å². The molecule has 133 valence electrons. The molecule has 3 rings (SSSR count). The van der Waals surface area contributed by atoms with Crippen LogP contribution in [0.4, 0.5) is 4.39 Å². The predicted octanol–water partition coefficient (Wildman–Crippen LogP) is 6.31. The Morgan fingerprint density at radius 1 is 1.12 bits per heavy atom. The molecule has 3 aromatic rings. The number of nitrogens with zero attached hydrogens (tertiary/aromatic N) is 2. The Hall–Kier alpha value is -1.66. The molecule has 0 bridgehead atoms. The van der Waals surface area contributed by atoms with Gasteiger partial charge in [0, 0.05) is 24.2 Å². The largest absolute Gasteiger partial charge is 0.687 e. The van der Waals surface area contributed by atoms with Gasteiger partial charge in [-0.1, -0.05) is 36.7 Å². The first-order valence-electron chi connectivity index (χ1n) is 8.21. The minimum Gasteiger partial charge on any atom is -0.687 e. The smallest absolute Gasteiger partial charge is 0.161 e. The second-order valence-corrected chi connectivity index (χ2v) is 13.4. The summed E-state index contributed by atoms with van der Waals surface area (Å²) in [4.78, 5) is 0. The van der Waals surface area contributed by atoms with E-state index in [0.29, 0.717) is 5.75 Å². The number of halogens is 2. The molecule has 0 fully saturated rings. The second-order valence-electron chi connectivity index (χ2n) is 7.74. The zero-order valence-corrected chi connectivity index (χ0v) is 17.7. The number of hydrogen-bond acceptors (Lipinski definition) is 2. The standard InChI is InChI=1S/C19H22BrFN2OSi/c1-19(2,3)25(4,5)24-18-11-15(7-8-16(18)21)23-17-9-6-14(20)10-13(17)12-22-23/h6-12H,1-5H3/q-1. The van der Waals surface area contributed by atoms with Crippen molar-refractivity contribution in [2.75, 3.05) is 0 Å². The Morgan fingerprint density at radius 3 is 2.52 bits per heavy atom. The van der Waals surface area contributed by atoms with Crippen LogP contribution in [0.25, 0.3) is 16.6 Å². The Labute approximate surface area is 157 Å². The third kappa shape index (κ3) is 3.51. The van der Waals surface area contributed by atoms with E-state index in [0.717, 1.165) is 21.1 Å². The average molecular weight is 421 g/mol. The number of benzene rings is 2. The summed E-state index contributed by atoms with van der Waals surface area (Å²) in [7, 11) is -2.12. The van der Waals surface area contributed by atoms with Crippen LogP contribution < -0.4 is 4.43 Å². The van der Waals surface area contributed by atoms with Gasteiger partial charge in [-0.3, -0.25) is 0 Å².